The monoisotopic (exact) mass is 274 g/mol. The van der Waals surface area contributed by atoms with E-state index in [9.17, 15) is 0 Å². The highest BCUT2D eigenvalue weighted by atomic mass is 32.1. The van der Waals surface area contributed by atoms with E-state index in [-0.39, 0.29) is 0 Å². The average Bonchev–Trinajstić information content (AvgIpc) is 2.66. The van der Waals surface area contributed by atoms with E-state index in [1.807, 2.05) is 11.3 Å². The van der Waals surface area contributed by atoms with E-state index in [4.69, 9.17) is 5.73 Å². The fraction of sp³-hybridized carbons (Fsp3) is 0.500. The van der Waals surface area contributed by atoms with Crippen LogP contribution in [0.25, 0.3) is 10.1 Å². The molecule has 2 heterocycles. The highest BCUT2D eigenvalue weighted by molar-refractivity contribution is 7.19. The van der Waals surface area contributed by atoms with Gasteiger partial charge in [0.1, 0.15) is 0 Å². The van der Waals surface area contributed by atoms with Crippen molar-refractivity contribution in [3.8, 4) is 0 Å². The van der Waals surface area contributed by atoms with Crippen LogP contribution < -0.4 is 5.73 Å². The summed E-state index contributed by atoms with van der Waals surface area (Å²) in [5.41, 5.74) is 7.10. The Bertz CT molecular complexity index is 539. The number of hydrogen-bond acceptors (Lipinski definition) is 3. The molecule has 3 heteroatoms. The van der Waals surface area contributed by atoms with Crippen LogP contribution in [-0.4, -0.2) is 18.0 Å². The molecule has 0 saturated carbocycles. The summed E-state index contributed by atoms with van der Waals surface area (Å²) in [6.07, 6.45) is 5.53. The maximum atomic E-state index is 5.82. The topological polar surface area (TPSA) is 29.3 Å². The molecule has 0 aliphatic carbocycles. The summed E-state index contributed by atoms with van der Waals surface area (Å²) in [6, 6.07) is 8.83. The summed E-state index contributed by atoms with van der Waals surface area (Å²) in [6.45, 7) is 4.27. The van der Waals surface area contributed by atoms with Crippen molar-refractivity contribution in [2.75, 3.05) is 13.1 Å². The Morgan fingerprint density at radius 3 is 2.63 bits per heavy atom. The first-order valence-electron chi connectivity index (χ1n) is 7.29. The van der Waals surface area contributed by atoms with Crippen LogP contribution in [-0.2, 0) is 13.1 Å². The van der Waals surface area contributed by atoms with Crippen LogP contribution in [0.2, 0.25) is 0 Å². The number of thiophene rings is 1. The minimum Gasteiger partial charge on any atom is -0.326 e. The van der Waals surface area contributed by atoms with E-state index in [0.717, 1.165) is 6.54 Å². The molecule has 3 rings (SSSR count). The SMILES string of the molecule is NCc1cccc2sc(CN3CCCCCC3)cc12. The van der Waals surface area contributed by atoms with E-state index in [1.165, 1.54) is 59.3 Å². The van der Waals surface area contributed by atoms with Gasteiger partial charge in [0.05, 0.1) is 0 Å². The quantitative estimate of drug-likeness (QED) is 0.924. The molecule has 1 saturated heterocycles. The Kier molecular flexibility index (Phi) is 4.16. The number of likely N-dealkylation sites (tertiary alicyclic amines) is 1. The van der Waals surface area contributed by atoms with Crippen LogP contribution in [0.15, 0.2) is 24.3 Å². The van der Waals surface area contributed by atoms with Crippen molar-refractivity contribution >= 4 is 21.4 Å². The molecule has 19 heavy (non-hydrogen) atoms. The van der Waals surface area contributed by atoms with Crippen LogP contribution in [0.5, 0.6) is 0 Å². The number of fused-ring (bicyclic) bond motifs is 1. The number of benzene rings is 1. The van der Waals surface area contributed by atoms with Crippen LogP contribution in [0.3, 0.4) is 0 Å². The molecular weight excluding hydrogens is 252 g/mol. The molecule has 2 nitrogen and oxygen atoms in total. The van der Waals surface area contributed by atoms with Crippen molar-refractivity contribution in [2.45, 2.75) is 38.8 Å². The standard InChI is InChI=1S/C16H22N2S/c17-11-13-6-5-7-16-15(13)10-14(19-16)12-18-8-3-1-2-4-9-18/h5-7,10H,1-4,8-9,11-12,17H2. The Hall–Kier alpha value is -0.900. The van der Waals surface area contributed by atoms with Crippen molar-refractivity contribution in [3.05, 3.63) is 34.7 Å². The third-order valence-corrected chi connectivity index (χ3v) is 5.09. The molecule has 0 unspecified atom stereocenters. The molecule has 0 bridgehead atoms. The summed E-state index contributed by atoms with van der Waals surface area (Å²) in [4.78, 5) is 4.10. The van der Waals surface area contributed by atoms with Gasteiger partial charge >= 0.3 is 0 Å². The fourth-order valence-electron chi connectivity index (χ4n) is 2.94. The second-order valence-corrected chi connectivity index (χ2v) is 6.60. The molecule has 2 N–H and O–H groups in total. The van der Waals surface area contributed by atoms with Gasteiger partial charge in [-0.3, -0.25) is 4.90 Å². The minimum absolute atomic E-state index is 0.636. The van der Waals surface area contributed by atoms with Gasteiger partial charge in [0.15, 0.2) is 0 Å². The van der Waals surface area contributed by atoms with Crippen molar-refractivity contribution in [1.29, 1.82) is 0 Å². The molecular formula is C16H22N2S. The third kappa shape index (κ3) is 2.99. The Morgan fingerprint density at radius 1 is 1.11 bits per heavy atom. The summed E-state index contributed by atoms with van der Waals surface area (Å²) in [7, 11) is 0. The lowest BCUT2D eigenvalue weighted by Crippen LogP contribution is -2.23. The first kappa shape index (κ1) is 13.1. The molecule has 0 spiro atoms. The predicted octanol–water partition coefficient (Wildman–Crippen LogP) is 3.74. The summed E-state index contributed by atoms with van der Waals surface area (Å²) in [5, 5.41) is 1.36. The second kappa shape index (κ2) is 6.04. The third-order valence-electron chi connectivity index (χ3n) is 4.00. The summed E-state index contributed by atoms with van der Waals surface area (Å²) < 4.78 is 1.38. The zero-order valence-electron chi connectivity index (χ0n) is 11.4. The fourth-order valence-corrected chi connectivity index (χ4v) is 4.10. The number of hydrogen-bond donors (Lipinski definition) is 1. The van der Waals surface area contributed by atoms with E-state index < -0.39 is 0 Å². The lowest BCUT2D eigenvalue weighted by molar-refractivity contribution is 0.279. The lowest BCUT2D eigenvalue weighted by atomic mass is 10.1. The van der Waals surface area contributed by atoms with E-state index in [1.54, 1.807) is 0 Å². The number of rotatable bonds is 3. The second-order valence-electron chi connectivity index (χ2n) is 5.44. The van der Waals surface area contributed by atoms with Crippen molar-refractivity contribution in [3.63, 3.8) is 0 Å². The largest absolute Gasteiger partial charge is 0.326 e. The van der Waals surface area contributed by atoms with Gasteiger partial charge in [-0.05, 0) is 49.0 Å². The summed E-state index contributed by atoms with van der Waals surface area (Å²) in [5.74, 6) is 0. The molecule has 1 fully saturated rings. The maximum Gasteiger partial charge on any atom is 0.0349 e. The number of nitrogens with two attached hydrogens (primary N) is 1. The minimum atomic E-state index is 0.636. The molecule has 0 amide bonds. The van der Waals surface area contributed by atoms with Crippen LogP contribution in [0, 0.1) is 0 Å². The van der Waals surface area contributed by atoms with E-state index >= 15 is 0 Å². The van der Waals surface area contributed by atoms with Gasteiger partial charge in [-0.15, -0.1) is 11.3 Å². The summed E-state index contributed by atoms with van der Waals surface area (Å²) >= 11 is 1.93. The van der Waals surface area contributed by atoms with Gasteiger partial charge in [-0.1, -0.05) is 25.0 Å². The Labute approximate surface area is 119 Å². The zero-order chi connectivity index (χ0) is 13.1. The molecule has 1 aliphatic rings. The highest BCUT2D eigenvalue weighted by Crippen LogP contribution is 2.29. The van der Waals surface area contributed by atoms with E-state index in [0.29, 0.717) is 6.54 Å². The lowest BCUT2D eigenvalue weighted by Gasteiger charge is -2.18. The molecule has 0 radical (unpaired) electrons. The van der Waals surface area contributed by atoms with Gasteiger partial charge in [0.2, 0.25) is 0 Å². The van der Waals surface area contributed by atoms with Gasteiger partial charge in [0, 0.05) is 22.7 Å². The van der Waals surface area contributed by atoms with Crippen molar-refractivity contribution in [2.24, 2.45) is 5.73 Å². The molecule has 2 aromatic rings. The normalized spacial score (nSPS) is 17.7. The molecule has 0 atom stereocenters. The van der Waals surface area contributed by atoms with Crippen LogP contribution in [0.1, 0.15) is 36.1 Å². The average molecular weight is 274 g/mol. The van der Waals surface area contributed by atoms with E-state index in [2.05, 4.69) is 29.2 Å². The smallest absolute Gasteiger partial charge is 0.0349 e. The predicted molar refractivity (Wildman–Crippen MR) is 83.5 cm³/mol. The van der Waals surface area contributed by atoms with Crippen LogP contribution in [0.4, 0.5) is 0 Å². The molecule has 1 aromatic carbocycles. The Morgan fingerprint density at radius 2 is 1.89 bits per heavy atom. The number of nitrogens with zero attached hydrogens (tertiary/aromatic N) is 1. The van der Waals surface area contributed by atoms with Gasteiger partial charge in [0.25, 0.3) is 0 Å². The van der Waals surface area contributed by atoms with Crippen molar-refractivity contribution < 1.29 is 0 Å². The van der Waals surface area contributed by atoms with Gasteiger partial charge < -0.3 is 5.73 Å². The Balaban J connectivity index is 1.81. The zero-order valence-corrected chi connectivity index (χ0v) is 12.2. The molecule has 1 aliphatic heterocycles. The van der Waals surface area contributed by atoms with Gasteiger partial charge in [-0.2, -0.15) is 0 Å². The van der Waals surface area contributed by atoms with Crippen LogP contribution >= 0.6 is 11.3 Å². The maximum absolute atomic E-state index is 5.82. The van der Waals surface area contributed by atoms with Gasteiger partial charge in [-0.25, -0.2) is 0 Å². The molecule has 102 valence electrons. The molecule has 1 aromatic heterocycles. The first-order chi connectivity index (χ1) is 9.36. The van der Waals surface area contributed by atoms with Crippen molar-refractivity contribution in [1.82, 2.24) is 4.90 Å². The first-order valence-corrected chi connectivity index (χ1v) is 8.11. The highest BCUT2D eigenvalue weighted by Gasteiger charge is 2.12.